The number of aliphatic imine (C=N–C) groups is 1. The summed E-state index contributed by atoms with van der Waals surface area (Å²) in [6, 6.07) is 0. The molecule has 0 unspecified atom stereocenters. The summed E-state index contributed by atoms with van der Waals surface area (Å²) < 4.78 is 0. The minimum atomic E-state index is 0.632. The molecule has 0 aromatic rings. The molecule has 0 saturated heterocycles. The van der Waals surface area contributed by atoms with Crippen molar-refractivity contribution >= 4 is 6.21 Å². The van der Waals surface area contributed by atoms with Crippen LogP contribution in [0.25, 0.3) is 0 Å². The first-order chi connectivity index (χ1) is 6.36. The predicted octanol–water partition coefficient (Wildman–Crippen LogP) is 3.48. The monoisotopic (exact) mass is 175 g/mol. The Morgan fingerprint density at radius 2 is 2.23 bits per heavy atom. The van der Waals surface area contributed by atoms with Crippen LogP contribution in [0.2, 0.25) is 0 Å². The molecule has 0 fully saturated rings. The summed E-state index contributed by atoms with van der Waals surface area (Å²) in [7, 11) is 0. The van der Waals surface area contributed by atoms with Crippen molar-refractivity contribution in [1.82, 2.24) is 0 Å². The highest BCUT2D eigenvalue weighted by molar-refractivity contribution is 5.65. The average Bonchev–Trinajstić information content (AvgIpc) is 2.20. The molecule has 1 heteroatoms. The Labute approximate surface area is 80.3 Å². The van der Waals surface area contributed by atoms with E-state index in [9.17, 15) is 0 Å². The standard InChI is InChI=1S/C12H17N/c1-10-7-8-12(13-9-10)11-5-3-2-4-6-11/h5,8-10H,2-4,6-7H2,1H3/t10-/m0/s1. The van der Waals surface area contributed by atoms with Crippen LogP contribution in [0.1, 0.15) is 39.0 Å². The quantitative estimate of drug-likeness (QED) is 0.578. The summed E-state index contributed by atoms with van der Waals surface area (Å²) in [5, 5.41) is 0. The van der Waals surface area contributed by atoms with Gasteiger partial charge in [-0.2, -0.15) is 0 Å². The van der Waals surface area contributed by atoms with E-state index in [1.165, 1.54) is 37.0 Å². The molecule has 13 heavy (non-hydrogen) atoms. The number of rotatable bonds is 1. The fraction of sp³-hybridized carbons (Fsp3) is 0.583. The first-order valence-corrected chi connectivity index (χ1v) is 5.30. The molecular formula is C12H17N. The summed E-state index contributed by atoms with van der Waals surface area (Å²) in [6.07, 6.45) is 13.1. The molecule has 0 N–H and O–H groups in total. The number of allylic oxidation sites excluding steroid dienone is 3. The number of nitrogens with zero attached hydrogens (tertiary/aromatic N) is 1. The molecule has 1 atom stereocenters. The van der Waals surface area contributed by atoms with Gasteiger partial charge in [0.05, 0.1) is 5.70 Å². The van der Waals surface area contributed by atoms with Gasteiger partial charge in [0.1, 0.15) is 0 Å². The van der Waals surface area contributed by atoms with Crippen LogP contribution in [0.4, 0.5) is 0 Å². The molecule has 1 nitrogen and oxygen atoms in total. The maximum atomic E-state index is 4.50. The Bertz CT molecular complexity index is 271. The van der Waals surface area contributed by atoms with Crippen LogP contribution in [0.3, 0.4) is 0 Å². The zero-order valence-corrected chi connectivity index (χ0v) is 8.29. The van der Waals surface area contributed by atoms with Crippen LogP contribution >= 0.6 is 0 Å². The van der Waals surface area contributed by atoms with Gasteiger partial charge in [-0.05, 0) is 43.6 Å². The molecule has 0 saturated carbocycles. The highest BCUT2D eigenvalue weighted by atomic mass is 14.7. The van der Waals surface area contributed by atoms with E-state index in [0.29, 0.717) is 5.92 Å². The zero-order valence-electron chi connectivity index (χ0n) is 8.29. The van der Waals surface area contributed by atoms with Gasteiger partial charge >= 0.3 is 0 Å². The lowest BCUT2D eigenvalue weighted by Crippen LogP contribution is -2.03. The molecule has 1 aliphatic heterocycles. The zero-order chi connectivity index (χ0) is 9.10. The second-order valence-electron chi connectivity index (χ2n) is 4.06. The van der Waals surface area contributed by atoms with Crippen LogP contribution in [0.5, 0.6) is 0 Å². The summed E-state index contributed by atoms with van der Waals surface area (Å²) in [4.78, 5) is 4.50. The summed E-state index contributed by atoms with van der Waals surface area (Å²) in [5.74, 6) is 0.632. The van der Waals surface area contributed by atoms with Crippen LogP contribution in [0, 0.1) is 5.92 Å². The first kappa shape index (κ1) is 8.74. The van der Waals surface area contributed by atoms with E-state index in [4.69, 9.17) is 0 Å². The topological polar surface area (TPSA) is 12.4 Å². The lowest BCUT2D eigenvalue weighted by atomic mass is 9.94. The maximum absolute atomic E-state index is 4.50. The number of hydrogen-bond acceptors (Lipinski definition) is 1. The van der Waals surface area contributed by atoms with Gasteiger partial charge in [0.15, 0.2) is 0 Å². The highest BCUT2D eigenvalue weighted by Gasteiger charge is 2.11. The predicted molar refractivity (Wildman–Crippen MR) is 56.9 cm³/mol. The Morgan fingerprint density at radius 3 is 2.85 bits per heavy atom. The third kappa shape index (κ3) is 2.09. The van der Waals surface area contributed by atoms with E-state index < -0.39 is 0 Å². The average molecular weight is 175 g/mol. The lowest BCUT2D eigenvalue weighted by Gasteiger charge is -2.16. The molecule has 2 rings (SSSR count). The molecule has 0 aromatic carbocycles. The Kier molecular flexibility index (Phi) is 2.62. The molecule has 1 aliphatic carbocycles. The highest BCUT2D eigenvalue weighted by Crippen LogP contribution is 2.27. The second-order valence-corrected chi connectivity index (χ2v) is 4.06. The normalized spacial score (nSPS) is 28.2. The van der Waals surface area contributed by atoms with Gasteiger partial charge in [-0.25, -0.2) is 0 Å². The van der Waals surface area contributed by atoms with E-state index in [0.717, 1.165) is 6.42 Å². The Hall–Kier alpha value is -0.850. The van der Waals surface area contributed by atoms with E-state index in [-0.39, 0.29) is 0 Å². The van der Waals surface area contributed by atoms with Crippen molar-refractivity contribution in [2.24, 2.45) is 10.9 Å². The summed E-state index contributed by atoms with van der Waals surface area (Å²) >= 11 is 0. The van der Waals surface area contributed by atoms with Crippen molar-refractivity contribution in [1.29, 1.82) is 0 Å². The summed E-state index contributed by atoms with van der Waals surface area (Å²) in [5.41, 5.74) is 2.73. The van der Waals surface area contributed by atoms with Crippen LogP contribution in [0.15, 0.2) is 28.4 Å². The largest absolute Gasteiger partial charge is 0.261 e. The van der Waals surface area contributed by atoms with Gasteiger partial charge in [-0.1, -0.05) is 19.1 Å². The van der Waals surface area contributed by atoms with Crippen LogP contribution < -0.4 is 0 Å². The van der Waals surface area contributed by atoms with Crippen molar-refractivity contribution in [3.05, 3.63) is 23.4 Å². The van der Waals surface area contributed by atoms with Gasteiger partial charge in [0.2, 0.25) is 0 Å². The van der Waals surface area contributed by atoms with E-state index in [1.807, 2.05) is 0 Å². The minimum Gasteiger partial charge on any atom is -0.261 e. The molecule has 70 valence electrons. The van der Waals surface area contributed by atoms with Crippen molar-refractivity contribution in [2.75, 3.05) is 0 Å². The van der Waals surface area contributed by atoms with Gasteiger partial charge in [0.25, 0.3) is 0 Å². The fourth-order valence-electron chi connectivity index (χ4n) is 1.90. The van der Waals surface area contributed by atoms with E-state index in [1.54, 1.807) is 0 Å². The fourth-order valence-corrected chi connectivity index (χ4v) is 1.90. The van der Waals surface area contributed by atoms with Crippen molar-refractivity contribution < 1.29 is 0 Å². The molecule has 1 heterocycles. The van der Waals surface area contributed by atoms with Gasteiger partial charge in [-0.3, -0.25) is 4.99 Å². The van der Waals surface area contributed by atoms with Gasteiger partial charge in [-0.15, -0.1) is 0 Å². The SMILES string of the molecule is C[C@@H]1C=NC(C2=CCCCC2)=CC1. The van der Waals surface area contributed by atoms with Crippen LogP contribution in [-0.2, 0) is 0 Å². The third-order valence-electron chi connectivity index (χ3n) is 2.77. The maximum Gasteiger partial charge on any atom is 0.0614 e. The van der Waals surface area contributed by atoms with E-state index >= 15 is 0 Å². The van der Waals surface area contributed by atoms with Gasteiger partial charge < -0.3 is 0 Å². The Balaban J connectivity index is 2.09. The molecule has 0 radical (unpaired) electrons. The molecule has 0 amide bonds. The molecular weight excluding hydrogens is 158 g/mol. The lowest BCUT2D eigenvalue weighted by molar-refractivity contribution is 0.698. The van der Waals surface area contributed by atoms with Crippen molar-refractivity contribution in [3.63, 3.8) is 0 Å². The number of hydrogen-bond donors (Lipinski definition) is 0. The van der Waals surface area contributed by atoms with Crippen LogP contribution in [-0.4, -0.2) is 6.21 Å². The smallest absolute Gasteiger partial charge is 0.0614 e. The summed E-state index contributed by atoms with van der Waals surface area (Å²) in [6.45, 7) is 2.21. The van der Waals surface area contributed by atoms with Gasteiger partial charge in [0, 0.05) is 6.21 Å². The Morgan fingerprint density at radius 1 is 1.31 bits per heavy atom. The minimum absolute atomic E-state index is 0.632. The van der Waals surface area contributed by atoms with Crippen molar-refractivity contribution in [2.45, 2.75) is 39.0 Å². The van der Waals surface area contributed by atoms with Crippen molar-refractivity contribution in [3.8, 4) is 0 Å². The molecule has 0 bridgehead atoms. The molecule has 0 aromatic heterocycles. The third-order valence-corrected chi connectivity index (χ3v) is 2.77. The second kappa shape index (κ2) is 3.91. The molecule has 0 spiro atoms. The molecule has 2 aliphatic rings. The van der Waals surface area contributed by atoms with E-state index in [2.05, 4.69) is 30.3 Å². The first-order valence-electron chi connectivity index (χ1n) is 5.30.